The molecule has 0 fully saturated rings. The topological polar surface area (TPSA) is 88.1 Å². The van der Waals surface area contributed by atoms with Gasteiger partial charge in [-0.1, -0.05) is 6.07 Å². The highest BCUT2D eigenvalue weighted by atomic mass is 19.1. The summed E-state index contributed by atoms with van der Waals surface area (Å²) >= 11 is 0. The molecule has 4 aromatic rings. The maximum Gasteiger partial charge on any atom is 0.319 e. The second kappa shape index (κ2) is 7.48. The van der Waals surface area contributed by atoms with Crippen molar-refractivity contribution in [2.75, 3.05) is 14.2 Å². The predicted molar refractivity (Wildman–Crippen MR) is 108 cm³/mol. The maximum absolute atomic E-state index is 14.7. The molecule has 7 nitrogen and oxygen atoms in total. The molecule has 0 aliphatic rings. The van der Waals surface area contributed by atoms with E-state index in [-0.39, 0.29) is 17.9 Å². The summed E-state index contributed by atoms with van der Waals surface area (Å²) in [6.45, 7) is 1.93. The SMILES string of the molecule is COc1ncc(-c2cc(-n3cnc4cc([C@@H](C)N)ccc43)ccc2F)c(OC)n1. The average molecular weight is 393 g/mol. The summed E-state index contributed by atoms with van der Waals surface area (Å²) in [6.07, 6.45) is 3.18. The molecule has 1 atom stereocenters. The minimum atomic E-state index is -0.413. The van der Waals surface area contributed by atoms with Gasteiger partial charge in [-0.15, -0.1) is 0 Å². The Kier molecular flexibility index (Phi) is 4.85. The van der Waals surface area contributed by atoms with Crippen LogP contribution in [0.4, 0.5) is 4.39 Å². The summed E-state index contributed by atoms with van der Waals surface area (Å²) < 4.78 is 26.9. The number of rotatable bonds is 5. The zero-order chi connectivity index (χ0) is 20.5. The van der Waals surface area contributed by atoms with Gasteiger partial charge < -0.3 is 15.2 Å². The number of halogens is 1. The summed E-state index contributed by atoms with van der Waals surface area (Å²) in [5, 5.41) is 0. The molecule has 8 heteroatoms. The number of fused-ring (bicyclic) bond motifs is 1. The van der Waals surface area contributed by atoms with E-state index in [0.717, 1.165) is 22.3 Å². The van der Waals surface area contributed by atoms with Gasteiger partial charge in [-0.25, -0.2) is 14.4 Å². The van der Waals surface area contributed by atoms with Gasteiger partial charge >= 0.3 is 6.01 Å². The minimum absolute atomic E-state index is 0.0792. The van der Waals surface area contributed by atoms with Crippen LogP contribution in [0.2, 0.25) is 0 Å². The van der Waals surface area contributed by atoms with Gasteiger partial charge in [-0.3, -0.25) is 4.57 Å². The lowest BCUT2D eigenvalue weighted by Crippen LogP contribution is -2.04. The van der Waals surface area contributed by atoms with Crippen LogP contribution in [0.15, 0.2) is 48.9 Å². The van der Waals surface area contributed by atoms with E-state index in [9.17, 15) is 4.39 Å². The van der Waals surface area contributed by atoms with Gasteiger partial charge in [0.15, 0.2) is 0 Å². The number of imidazole rings is 1. The normalized spacial score (nSPS) is 12.2. The molecule has 2 heterocycles. The van der Waals surface area contributed by atoms with E-state index in [1.165, 1.54) is 26.5 Å². The molecule has 4 rings (SSSR count). The lowest BCUT2D eigenvalue weighted by Gasteiger charge is -2.12. The van der Waals surface area contributed by atoms with Gasteiger partial charge in [0, 0.05) is 23.5 Å². The molecule has 29 heavy (non-hydrogen) atoms. The van der Waals surface area contributed by atoms with Crippen molar-refractivity contribution in [3.63, 3.8) is 0 Å². The number of aromatic nitrogens is 4. The second-order valence-electron chi connectivity index (χ2n) is 6.60. The zero-order valence-electron chi connectivity index (χ0n) is 16.3. The summed E-state index contributed by atoms with van der Waals surface area (Å²) in [4.78, 5) is 12.7. The van der Waals surface area contributed by atoms with E-state index in [4.69, 9.17) is 15.2 Å². The number of methoxy groups -OCH3 is 2. The van der Waals surface area contributed by atoms with E-state index in [0.29, 0.717) is 11.1 Å². The Morgan fingerprint density at radius 3 is 2.59 bits per heavy atom. The van der Waals surface area contributed by atoms with Crippen molar-refractivity contribution in [2.24, 2.45) is 5.73 Å². The highest BCUT2D eigenvalue weighted by Gasteiger charge is 2.16. The second-order valence-corrected chi connectivity index (χ2v) is 6.60. The van der Waals surface area contributed by atoms with Gasteiger partial charge in [0.2, 0.25) is 5.88 Å². The van der Waals surface area contributed by atoms with Crippen molar-refractivity contribution in [3.8, 4) is 28.7 Å². The van der Waals surface area contributed by atoms with Crippen molar-refractivity contribution < 1.29 is 13.9 Å². The largest absolute Gasteiger partial charge is 0.480 e. The molecular weight excluding hydrogens is 373 g/mol. The summed E-state index contributed by atoms with van der Waals surface area (Å²) in [5.41, 5.74) is 10.2. The van der Waals surface area contributed by atoms with Gasteiger partial charge in [-0.2, -0.15) is 4.98 Å². The standard InChI is InChI=1S/C21H20FN5O2/c1-12(23)13-4-7-19-18(8-13)25-11-27(19)14-5-6-17(22)15(9-14)16-10-24-21(29-3)26-20(16)28-2/h4-12H,23H2,1-3H3/t12-/m1/s1. The van der Waals surface area contributed by atoms with Crippen LogP contribution in [0.1, 0.15) is 18.5 Å². The fourth-order valence-electron chi connectivity index (χ4n) is 3.18. The number of nitrogens with zero attached hydrogens (tertiary/aromatic N) is 4. The Hall–Kier alpha value is -3.52. The molecule has 0 radical (unpaired) electrons. The van der Waals surface area contributed by atoms with Crippen molar-refractivity contribution in [1.82, 2.24) is 19.5 Å². The molecule has 148 valence electrons. The predicted octanol–water partition coefficient (Wildman–Crippen LogP) is 3.66. The van der Waals surface area contributed by atoms with Crippen LogP contribution >= 0.6 is 0 Å². The van der Waals surface area contributed by atoms with E-state index in [2.05, 4.69) is 15.0 Å². The quantitative estimate of drug-likeness (QED) is 0.557. The van der Waals surface area contributed by atoms with Crippen molar-refractivity contribution in [1.29, 1.82) is 0 Å². The van der Waals surface area contributed by atoms with Gasteiger partial charge in [0.25, 0.3) is 0 Å². The first kappa shape index (κ1) is 18.8. The lowest BCUT2D eigenvalue weighted by atomic mass is 10.1. The van der Waals surface area contributed by atoms with Crippen LogP contribution in [0.5, 0.6) is 11.9 Å². The number of nitrogens with two attached hydrogens (primary N) is 1. The van der Waals surface area contributed by atoms with Crippen molar-refractivity contribution >= 4 is 11.0 Å². The van der Waals surface area contributed by atoms with E-state index < -0.39 is 5.82 Å². The molecular formula is C21H20FN5O2. The van der Waals surface area contributed by atoms with Crippen LogP contribution in [-0.4, -0.2) is 33.7 Å². The summed E-state index contributed by atoms with van der Waals surface area (Å²) in [7, 11) is 2.92. The minimum Gasteiger partial charge on any atom is -0.480 e. The van der Waals surface area contributed by atoms with E-state index in [1.54, 1.807) is 18.5 Å². The Labute approximate surface area is 166 Å². The maximum atomic E-state index is 14.7. The third-order valence-corrected chi connectivity index (χ3v) is 4.72. The molecule has 0 amide bonds. The first-order valence-corrected chi connectivity index (χ1v) is 8.99. The average Bonchev–Trinajstić information content (AvgIpc) is 3.17. The molecule has 0 unspecified atom stereocenters. The number of benzene rings is 2. The van der Waals surface area contributed by atoms with Crippen LogP contribution in [-0.2, 0) is 0 Å². The van der Waals surface area contributed by atoms with E-state index >= 15 is 0 Å². The zero-order valence-corrected chi connectivity index (χ0v) is 16.3. The van der Waals surface area contributed by atoms with Crippen LogP contribution in [0.25, 0.3) is 27.8 Å². The molecule has 2 N–H and O–H groups in total. The smallest absolute Gasteiger partial charge is 0.319 e. The molecule has 0 saturated carbocycles. The number of hydrogen-bond acceptors (Lipinski definition) is 6. The van der Waals surface area contributed by atoms with E-state index in [1.807, 2.05) is 29.7 Å². The molecule has 0 aliphatic carbocycles. The number of hydrogen-bond donors (Lipinski definition) is 1. The Morgan fingerprint density at radius 1 is 1.03 bits per heavy atom. The molecule has 0 spiro atoms. The van der Waals surface area contributed by atoms with Gasteiger partial charge in [-0.05, 0) is 42.8 Å². The highest BCUT2D eigenvalue weighted by Crippen LogP contribution is 2.33. The first-order valence-electron chi connectivity index (χ1n) is 8.99. The first-order chi connectivity index (χ1) is 14.0. The summed E-state index contributed by atoms with van der Waals surface area (Å²) in [6, 6.07) is 10.8. The number of ether oxygens (including phenoxy) is 2. The summed E-state index contributed by atoms with van der Waals surface area (Å²) in [5.74, 6) is -0.186. The Bertz CT molecular complexity index is 1190. The molecule has 0 saturated heterocycles. The Balaban J connectivity index is 1.83. The molecule has 0 bridgehead atoms. The highest BCUT2D eigenvalue weighted by molar-refractivity contribution is 5.79. The van der Waals surface area contributed by atoms with Crippen molar-refractivity contribution in [2.45, 2.75) is 13.0 Å². The fourth-order valence-corrected chi connectivity index (χ4v) is 3.18. The van der Waals surface area contributed by atoms with Crippen LogP contribution < -0.4 is 15.2 Å². The fraction of sp³-hybridized carbons (Fsp3) is 0.190. The van der Waals surface area contributed by atoms with Gasteiger partial charge in [0.05, 0.1) is 30.8 Å². The molecule has 2 aromatic heterocycles. The third-order valence-electron chi connectivity index (χ3n) is 4.72. The molecule has 2 aromatic carbocycles. The van der Waals surface area contributed by atoms with Crippen LogP contribution in [0, 0.1) is 5.82 Å². The Morgan fingerprint density at radius 2 is 1.86 bits per heavy atom. The molecule has 0 aliphatic heterocycles. The lowest BCUT2D eigenvalue weighted by molar-refractivity contribution is 0.353. The van der Waals surface area contributed by atoms with Gasteiger partial charge in [0.1, 0.15) is 12.1 Å². The third kappa shape index (κ3) is 3.38. The monoisotopic (exact) mass is 393 g/mol. The van der Waals surface area contributed by atoms with Crippen LogP contribution in [0.3, 0.4) is 0 Å². The van der Waals surface area contributed by atoms with Crippen molar-refractivity contribution in [3.05, 3.63) is 60.3 Å².